The molecule has 0 amide bonds. The van der Waals surface area contributed by atoms with E-state index < -0.39 is 0 Å². The van der Waals surface area contributed by atoms with Crippen LogP contribution in [0.5, 0.6) is 0 Å². The minimum absolute atomic E-state index is 0.106. The zero-order valence-corrected chi connectivity index (χ0v) is 18.1. The molecule has 0 spiro atoms. The van der Waals surface area contributed by atoms with Gasteiger partial charge in [0.05, 0.1) is 12.7 Å². The lowest BCUT2D eigenvalue weighted by Gasteiger charge is -2.08. The lowest BCUT2D eigenvalue weighted by Crippen LogP contribution is -1.98. The van der Waals surface area contributed by atoms with Gasteiger partial charge in [0.1, 0.15) is 11.0 Å². The number of anilines is 2. The van der Waals surface area contributed by atoms with E-state index in [9.17, 15) is 0 Å². The first-order valence-electron chi connectivity index (χ1n) is 9.34. The van der Waals surface area contributed by atoms with E-state index in [4.69, 9.17) is 34.8 Å². The second kappa shape index (κ2) is 8.26. The van der Waals surface area contributed by atoms with Crippen molar-refractivity contribution < 1.29 is 0 Å². The maximum Gasteiger partial charge on any atom is 0.226 e. The molecule has 0 saturated carbocycles. The third-order valence-electron chi connectivity index (χ3n) is 4.83. The molecule has 0 fully saturated rings. The molecule has 4 aromatic heterocycles. The third-order valence-corrected chi connectivity index (χ3v) is 5.45. The molecule has 0 saturated heterocycles. The molecule has 31 heavy (non-hydrogen) atoms. The smallest absolute Gasteiger partial charge is 0.226 e. The number of aromatic amines is 2. The molecule has 156 valence electrons. The highest BCUT2D eigenvalue weighted by Crippen LogP contribution is 2.28. The summed E-state index contributed by atoms with van der Waals surface area (Å²) in [6, 6.07) is 6.43. The molecule has 6 rings (SSSR count). The Kier molecular flexibility index (Phi) is 5.31. The molecule has 1 aliphatic carbocycles. The Morgan fingerprint density at radius 2 is 1.45 bits per heavy atom. The van der Waals surface area contributed by atoms with E-state index in [1.807, 2.05) is 0 Å². The number of fused-ring (bicyclic) bond motifs is 3. The van der Waals surface area contributed by atoms with Gasteiger partial charge in [0.15, 0.2) is 22.3 Å². The van der Waals surface area contributed by atoms with Crippen LogP contribution in [0.2, 0.25) is 15.7 Å². The Morgan fingerprint density at radius 1 is 0.774 bits per heavy atom. The summed E-state index contributed by atoms with van der Waals surface area (Å²) in [6.45, 7) is 0. The van der Waals surface area contributed by atoms with Crippen LogP contribution in [0.3, 0.4) is 0 Å². The van der Waals surface area contributed by atoms with Gasteiger partial charge in [0.2, 0.25) is 10.6 Å². The summed E-state index contributed by atoms with van der Waals surface area (Å²) in [6.07, 6.45) is 6.64. The molecule has 0 unspecified atom stereocenters. The molecule has 12 heteroatoms. The van der Waals surface area contributed by atoms with E-state index >= 15 is 0 Å². The zero-order valence-electron chi connectivity index (χ0n) is 15.8. The molecule has 0 radical (unpaired) electrons. The van der Waals surface area contributed by atoms with Crippen LogP contribution in [0.25, 0.3) is 22.3 Å². The number of rotatable bonds is 2. The molecular formula is C19H14Cl3N9. The van der Waals surface area contributed by atoms with Crippen molar-refractivity contribution >= 4 is 68.6 Å². The number of hydrogen-bond donors (Lipinski definition) is 3. The van der Waals surface area contributed by atoms with E-state index in [0.717, 1.165) is 17.6 Å². The highest BCUT2D eigenvalue weighted by molar-refractivity contribution is 6.35. The summed E-state index contributed by atoms with van der Waals surface area (Å²) in [4.78, 5) is 29.6. The number of imidazole rings is 2. The summed E-state index contributed by atoms with van der Waals surface area (Å²) >= 11 is 17.1. The van der Waals surface area contributed by atoms with Crippen LogP contribution in [-0.2, 0) is 12.8 Å². The first-order chi connectivity index (χ1) is 15.1. The first-order valence-corrected chi connectivity index (χ1v) is 10.5. The number of halogens is 3. The van der Waals surface area contributed by atoms with Gasteiger partial charge in [-0.2, -0.15) is 15.0 Å². The van der Waals surface area contributed by atoms with Gasteiger partial charge in [-0.3, -0.25) is 0 Å². The molecule has 5 aromatic rings. The number of nitrogens with one attached hydrogen (secondary N) is 3. The lowest BCUT2D eigenvalue weighted by molar-refractivity contribution is 0.912. The van der Waals surface area contributed by atoms with Crippen LogP contribution in [0.4, 0.5) is 11.5 Å². The van der Waals surface area contributed by atoms with Crippen LogP contribution in [0.15, 0.2) is 30.9 Å². The molecule has 3 N–H and O–H groups in total. The van der Waals surface area contributed by atoms with Crippen molar-refractivity contribution in [1.29, 1.82) is 0 Å². The Morgan fingerprint density at radius 3 is 2.26 bits per heavy atom. The van der Waals surface area contributed by atoms with Gasteiger partial charge in [-0.25, -0.2) is 15.0 Å². The zero-order chi connectivity index (χ0) is 21.4. The maximum atomic E-state index is 5.92. The van der Waals surface area contributed by atoms with Crippen molar-refractivity contribution in [3.63, 3.8) is 0 Å². The number of aryl methyl sites for hydroxylation is 2. The largest absolute Gasteiger partial charge is 0.341 e. The fourth-order valence-corrected chi connectivity index (χ4v) is 4.05. The highest BCUT2D eigenvalue weighted by atomic mass is 35.5. The van der Waals surface area contributed by atoms with Crippen LogP contribution in [0.1, 0.15) is 17.5 Å². The van der Waals surface area contributed by atoms with Crippen molar-refractivity contribution in [2.45, 2.75) is 19.3 Å². The predicted molar refractivity (Wildman–Crippen MR) is 120 cm³/mol. The standard InChI is InChI=1S/C14H12ClN5.C5H2Cl2N4/c15-14-19-12-11(16-7-17-12)13(20-14)18-10-5-4-8-2-1-3-9(8)6-10;6-3-2-4(9-1-8-2)11-5(7)10-3/h4-7H,1-3H2,(H2,16,17,18,19,20);1H,(H,8,9,10,11). The highest BCUT2D eigenvalue weighted by Gasteiger charge is 2.13. The minimum atomic E-state index is 0.106. The van der Waals surface area contributed by atoms with Crippen LogP contribution < -0.4 is 5.32 Å². The molecule has 0 atom stereocenters. The molecule has 9 nitrogen and oxygen atoms in total. The van der Waals surface area contributed by atoms with Gasteiger partial charge in [-0.05, 0) is 65.7 Å². The summed E-state index contributed by atoms with van der Waals surface area (Å²) in [7, 11) is 0. The molecule has 1 aromatic carbocycles. The van der Waals surface area contributed by atoms with Crippen molar-refractivity contribution in [1.82, 2.24) is 39.9 Å². The SMILES string of the molecule is Clc1nc(Cl)c2[nH]cnc2n1.Clc1nc(Nc2ccc3c(c2)CCC3)c2[nH]cnc2n1. The summed E-state index contributed by atoms with van der Waals surface area (Å²) < 4.78 is 0. The molecule has 0 bridgehead atoms. The monoisotopic (exact) mass is 473 g/mol. The lowest BCUT2D eigenvalue weighted by atomic mass is 10.1. The Balaban J connectivity index is 0.000000157. The Bertz CT molecular complexity index is 1400. The second-order valence-electron chi connectivity index (χ2n) is 6.79. The van der Waals surface area contributed by atoms with Crippen molar-refractivity contribution in [3.8, 4) is 0 Å². The van der Waals surface area contributed by atoms with Crippen LogP contribution >= 0.6 is 34.8 Å². The maximum absolute atomic E-state index is 5.92. The average Bonchev–Trinajstić information content (AvgIpc) is 3.48. The molecular weight excluding hydrogens is 461 g/mol. The van der Waals surface area contributed by atoms with Gasteiger partial charge >= 0.3 is 0 Å². The van der Waals surface area contributed by atoms with Crippen LogP contribution in [-0.4, -0.2) is 39.9 Å². The van der Waals surface area contributed by atoms with Crippen molar-refractivity contribution in [2.75, 3.05) is 5.32 Å². The second-order valence-corrected chi connectivity index (χ2v) is 7.82. The number of hydrogen-bond acceptors (Lipinski definition) is 7. The van der Waals surface area contributed by atoms with E-state index in [-0.39, 0.29) is 15.7 Å². The number of nitrogens with zero attached hydrogens (tertiary/aromatic N) is 6. The van der Waals surface area contributed by atoms with E-state index in [1.165, 1.54) is 30.3 Å². The number of H-pyrrole nitrogens is 2. The van der Waals surface area contributed by atoms with E-state index in [1.54, 1.807) is 6.33 Å². The minimum Gasteiger partial charge on any atom is -0.341 e. The molecule has 4 heterocycles. The summed E-state index contributed by atoms with van der Waals surface area (Å²) in [5.74, 6) is 0.649. The number of aromatic nitrogens is 8. The quantitative estimate of drug-likeness (QED) is 0.246. The number of benzene rings is 1. The fraction of sp³-hybridized carbons (Fsp3) is 0.158. The normalized spacial score (nSPS) is 12.6. The van der Waals surface area contributed by atoms with E-state index in [0.29, 0.717) is 22.6 Å². The Labute approximate surface area is 190 Å². The topological polar surface area (TPSA) is 121 Å². The van der Waals surface area contributed by atoms with Crippen molar-refractivity contribution in [3.05, 3.63) is 57.7 Å². The molecule has 1 aliphatic rings. The average molecular weight is 475 g/mol. The summed E-state index contributed by atoms with van der Waals surface area (Å²) in [5.41, 5.74) is 6.28. The van der Waals surface area contributed by atoms with Gasteiger partial charge in [-0.15, -0.1) is 0 Å². The van der Waals surface area contributed by atoms with Gasteiger partial charge in [-0.1, -0.05) is 17.7 Å². The van der Waals surface area contributed by atoms with Gasteiger partial charge < -0.3 is 15.3 Å². The molecule has 0 aliphatic heterocycles. The fourth-order valence-electron chi connectivity index (χ4n) is 3.46. The van der Waals surface area contributed by atoms with Crippen molar-refractivity contribution in [2.24, 2.45) is 0 Å². The Hall–Kier alpha value is -3.01. The van der Waals surface area contributed by atoms with Gasteiger partial charge in [0, 0.05) is 5.69 Å². The first kappa shape index (κ1) is 19.9. The summed E-state index contributed by atoms with van der Waals surface area (Å²) in [5, 5.41) is 3.88. The predicted octanol–water partition coefficient (Wildman–Crippen LogP) is 4.90. The van der Waals surface area contributed by atoms with Gasteiger partial charge in [0.25, 0.3) is 0 Å². The third kappa shape index (κ3) is 4.12. The van der Waals surface area contributed by atoms with Crippen LogP contribution in [0, 0.1) is 0 Å². The van der Waals surface area contributed by atoms with E-state index in [2.05, 4.69) is 63.4 Å².